The summed E-state index contributed by atoms with van der Waals surface area (Å²) in [7, 11) is 0. The van der Waals surface area contributed by atoms with Gasteiger partial charge in [0.1, 0.15) is 18.8 Å². The molecule has 0 saturated carbocycles. The Kier molecular flexibility index (Phi) is 7.08. The molecule has 1 amide bonds. The lowest BCUT2D eigenvalue weighted by Crippen LogP contribution is -2.51. The van der Waals surface area contributed by atoms with E-state index < -0.39 is 5.60 Å². The summed E-state index contributed by atoms with van der Waals surface area (Å²) in [5.41, 5.74) is 1.52. The zero-order valence-electron chi connectivity index (χ0n) is 20.1. The first-order chi connectivity index (χ1) is 15.8. The highest BCUT2D eigenvalue weighted by molar-refractivity contribution is 5.68. The van der Waals surface area contributed by atoms with E-state index in [9.17, 15) is 4.79 Å². The molecule has 178 valence electrons. The smallest absolute Gasteiger partial charge is 0.410 e. The number of amides is 1. The van der Waals surface area contributed by atoms with E-state index in [0.29, 0.717) is 37.3 Å². The number of carbonyl (C=O) groups excluding carboxylic acids is 1. The van der Waals surface area contributed by atoms with Crippen molar-refractivity contribution < 1.29 is 19.0 Å². The second-order valence-electron chi connectivity index (χ2n) is 9.91. The van der Waals surface area contributed by atoms with E-state index in [-0.39, 0.29) is 12.1 Å². The lowest BCUT2D eigenvalue weighted by atomic mass is 9.96. The second kappa shape index (κ2) is 10.00. The molecular weight excluding hydrogens is 418 g/mol. The van der Waals surface area contributed by atoms with Gasteiger partial charge < -0.3 is 14.2 Å². The number of hydrogen-bond acceptors (Lipinski definition) is 6. The third-order valence-electron chi connectivity index (χ3n) is 6.10. The summed E-state index contributed by atoms with van der Waals surface area (Å²) in [6.45, 7) is 11.2. The fourth-order valence-corrected chi connectivity index (χ4v) is 4.45. The van der Waals surface area contributed by atoms with Gasteiger partial charge in [-0.25, -0.2) is 4.79 Å². The monoisotopic (exact) mass is 453 g/mol. The van der Waals surface area contributed by atoms with Crippen LogP contribution in [0.2, 0.25) is 0 Å². The van der Waals surface area contributed by atoms with Crippen LogP contribution in [-0.4, -0.2) is 58.3 Å². The van der Waals surface area contributed by atoms with E-state index >= 15 is 0 Å². The van der Waals surface area contributed by atoms with Crippen molar-refractivity contribution in [2.45, 2.75) is 71.3 Å². The largest absolute Gasteiger partial charge is 0.486 e. The molecular formula is C26H35N3O4. The summed E-state index contributed by atoms with van der Waals surface area (Å²) >= 11 is 0. The van der Waals surface area contributed by atoms with Crippen LogP contribution in [0.4, 0.5) is 4.79 Å². The number of likely N-dealkylation sites (tertiary alicyclic amines) is 1. The normalized spacial score (nSPS) is 20.8. The summed E-state index contributed by atoms with van der Waals surface area (Å²) in [6, 6.07) is 12.8. The van der Waals surface area contributed by atoms with Crippen LogP contribution in [0.5, 0.6) is 11.5 Å². The third-order valence-corrected chi connectivity index (χ3v) is 6.10. The Bertz CT molecular complexity index is 944. The average molecular weight is 454 g/mol. The molecule has 2 atom stereocenters. The number of ether oxygens (including phenoxy) is 3. The SMILES string of the molecule is CC1CC(N(Cc2cc3c(cn2)OCCO3)C(=O)OC(C)(C)C)CCN1Cc1ccccc1. The Morgan fingerprint density at radius 1 is 1.18 bits per heavy atom. The minimum absolute atomic E-state index is 0.0804. The van der Waals surface area contributed by atoms with Crippen molar-refractivity contribution in [1.29, 1.82) is 0 Å². The molecule has 2 aliphatic heterocycles. The third kappa shape index (κ3) is 6.16. The average Bonchev–Trinajstić information content (AvgIpc) is 2.78. The maximum absolute atomic E-state index is 13.2. The van der Waals surface area contributed by atoms with E-state index in [2.05, 4.69) is 41.1 Å². The first-order valence-electron chi connectivity index (χ1n) is 11.8. The van der Waals surface area contributed by atoms with Crippen LogP contribution < -0.4 is 9.47 Å². The molecule has 0 spiro atoms. The van der Waals surface area contributed by atoms with Crippen molar-refractivity contribution in [3.8, 4) is 11.5 Å². The predicted octanol–water partition coefficient (Wildman–Crippen LogP) is 4.64. The molecule has 0 radical (unpaired) electrons. The number of piperidine rings is 1. The number of hydrogen-bond donors (Lipinski definition) is 0. The maximum atomic E-state index is 13.2. The van der Waals surface area contributed by atoms with Gasteiger partial charge >= 0.3 is 6.09 Å². The molecule has 1 saturated heterocycles. The second-order valence-corrected chi connectivity index (χ2v) is 9.91. The topological polar surface area (TPSA) is 64.1 Å². The van der Waals surface area contributed by atoms with Crippen LogP contribution in [0.15, 0.2) is 42.6 Å². The number of pyridine rings is 1. The predicted molar refractivity (Wildman–Crippen MR) is 126 cm³/mol. The molecule has 2 aromatic rings. The Hall–Kier alpha value is -2.80. The van der Waals surface area contributed by atoms with Gasteiger partial charge in [0.05, 0.1) is 18.4 Å². The van der Waals surface area contributed by atoms with Gasteiger partial charge in [-0.05, 0) is 46.1 Å². The molecule has 0 N–H and O–H groups in total. The first kappa shape index (κ1) is 23.4. The molecule has 7 nitrogen and oxygen atoms in total. The van der Waals surface area contributed by atoms with Gasteiger partial charge in [-0.3, -0.25) is 14.8 Å². The van der Waals surface area contributed by atoms with Crippen LogP contribution in [0.3, 0.4) is 0 Å². The number of carbonyl (C=O) groups is 1. The number of nitrogens with zero attached hydrogens (tertiary/aromatic N) is 3. The van der Waals surface area contributed by atoms with Crippen molar-refractivity contribution in [3.05, 3.63) is 53.9 Å². The van der Waals surface area contributed by atoms with Crippen LogP contribution >= 0.6 is 0 Å². The first-order valence-corrected chi connectivity index (χ1v) is 11.8. The van der Waals surface area contributed by atoms with Gasteiger partial charge in [0, 0.05) is 31.2 Å². The molecule has 4 rings (SSSR count). The number of rotatable bonds is 5. The van der Waals surface area contributed by atoms with Crippen molar-refractivity contribution in [2.24, 2.45) is 0 Å². The van der Waals surface area contributed by atoms with E-state index in [4.69, 9.17) is 14.2 Å². The number of benzene rings is 1. The summed E-state index contributed by atoms with van der Waals surface area (Å²) in [4.78, 5) is 22.1. The Balaban J connectivity index is 1.48. The van der Waals surface area contributed by atoms with Crippen LogP contribution in [0, 0.1) is 0 Å². The molecule has 0 aliphatic carbocycles. The summed E-state index contributed by atoms with van der Waals surface area (Å²) in [6.07, 6.45) is 3.16. The Morgan fingerprint density at radius 2 is 1.91 bits per heavy atom. The maximum Gasteiger partial charge on any atom is 0.410 e. The molecule has 2 unspecified atom stereocenters. The number of aromatic nitrogens is 1. The van der Waals surface area contributed by atoms with Gasteiger partial charge in [-0.2, -0.15) is 0 Å². The van der Waals surface area contributed by atoms with Gasteiger partial charge in [-0.15, -0.1) is 0 Å². The van der Waals surface area contributed by atoms with E-state index in [0.717, 1.165) is 31.6 Å². The summed E-state index contributed by atoms with van der Waals surface area (Å²) in [5, 5.41) is 0. The van der Waals surface area contributed by atoms with Crippen molar-refractivity contribution in [2.75, 3.05) is 19.8 Å². The molecule has 1 aromatic heterocycles. The highest BCUT2D eigenvalue weighted by atomic mass is 16.6. The zero-order valence-corrected chi connectivity index (χ0v) is 20.1. The van der Waals surface area contributed by atoms with Gasteiger partial charge in [0.15, 0.2) is 11.5 Å². The van der Waals surface area contributed by atoms with Crippen molar-refractivity contribution in [3.63, 3.8) is 0 Å². The quantitative estimate of drug-likeness (QED) is 0.657. The minimum atomic E-state index is -0.560. The standard InChI is InChI=1S/C26H35N3O4/c1-19-14-22(10-11-28(19)17-20-8-6-5-7-9-20)29(25(30)33-26(2,3)4)18-21-15-23-24(16-27-21)32-13-12-31-23/h5-9,15-16,19,22H,10-14,17-18H2,1-4H3. The molecule has 7 heteroatoms. The minimum Gasteiger partial charge on any atom is -0.486 e. The summed E-state index contributed by atoms with van der Waals surface area (Å²) < 4.78 is 17.1. The van der Waals surface area contributed by atoms with E-state index in [1.165, 1.54) is 5.56 Å². The lowest BCUT2D eigenvalue weighted by molar-refractivity contribution is -0.000736. The van der Waals surface area contributed by atoms with Crippen molar-refractivity contribution >= 4 is 6.09 Å². The molecule has 2 aliphatic rings. The molecule has 3 heterocycles. The van der Waals surface area contributed by atoms with E-state index in [1.807, 2.05) is 37.8 Å². The lowest BCUT2D eigenvalue weighted by Gasteiger charge is -2.42. The van der Waals surface area contributed by atoms with Gasteiger partial charge in [0.25, 0.3) is 0 Å². The van der Waals surface area contributed by atoms with Crippen molar-refractivity contribution in [1.82, 2.24) is 14.8 Å². The highest BCUT2D eigenvalue weighted by Crippen LogP contribution is 2.31. The van der Waals surface area contributed by atoms with Gasteiger partial charge in [0.2, 0.25) is 0 Å². The van der Waals surface area contributed by atoms with Crippen LogP contribution in [0.1, 0.15) is 51.8 Å². The molecule has 1 fully saturated rings. The summed E-state index contributed by atoms with van der Waals surface area (Å²) in [5.74, 6) is 1.33. The van der Waals surface area contributed by atoms with Gasteiger partial charge in [-0.1, -0.05) is 30.3 Å². The Labute approximate surface area is 196 Å². The molecule has 33 heavy (non-hydrogen) atoms. The van der Waals surface area contributed by atoms with Crippen LogP contribution in [-0.2, 0) is 17.8 Å². The fraction of sp³-hybridized carbons (Fsp3) is 0.538. The molecule has 1 aromatic carbocycles. The van der Waals surface area contributed by atoms with Crippen LogP contribution in [0.25, 0.3) is 0 Å². The molecule has 0 bridgehead atoms. The van der Waals surface area contributed by atoms with E-state index in [1.54, 1.807) is 6.20 Å². The fourth-order valence-electron chi connectivity index (χ4n) is 4.45. The Morgan fingerprint density at radius 3 is 2.61 bits per heavy atom. The zero-order chi connectivity index (χ0) is 23.4. The number of fused-ring (bicyclic) bond motifs is 1. The highest BCUT2D eigenvalue weighted by Gasteiger charge is 2.34.